The molecule has 1 N–H and O–H groups in total. The molecule has 1 spiro atoms. The number of hydrogen-bond acceptors (Lipinski definition) is 5. The maximum Gasteiger partial charge on any atom is 0.331 e. The van der Waals surface area contributed by atoms with Gasteiger partial charge in [-0.3, -0.25) is 19.8 Å². The fourth-order valence-corrected chi connectivity index (χ4v) is 5.49. The maximum absolute atomic E-state index is 14.6. The SMILES string of the molecule is CC(C)(C)N1C(=O)NC(=O)[C@@]2(Cc3ccccc3N3CCN(c4ccccc4F)C[C@H]32)C1=O. The number of benzene rings is 2. The molecule has 0 unspecified atom stereocenters. The minimum atomic E-state index is -1.50. The van der Waals surface area contributed by atoms with E-state index in [2.05, 4.69) is 10.2 Å². The second-order valence-electron chi connectivity index (χ2n) is 9.95. The van der Waals surface area contributed by atoms with E-state index in [1.807, 2.05) is 29.2 Å². The molecule has 3 aliphatic heterocycles. The van der Waals surface area contributed by atoms with E-state index in [-0.39, 0.29) is 18.8 Å². The van der Waals surface area contributed by atoms with Gasteiger partial charge in [0.1, 0.15) is 5.82 Å². The van der Waals surface area contributed by atoms with Gasteiger partial charge in [0, 0.05) is 30.9 Å². The number of carbonyl (C=O) groups is 3. The van der Waals surface area contributed by atoms with Crippen LogP contribution in [-0.4, -0.2) is 54.0 Å². The Bertz CT molecular complexity index is 1160. The van der Waals surface area contributed by atoms with Gasteiger partial charge in [0.25, 0.3) is 0 Å². The fourth-order valence-electron chi connectivity index (χ4n) is 5.49. The molecular formula is C25H27FN4O3. The second-order valence-corrected chi connectivity index (χ2v) is 9.95. The van der Waals surface area contributed by atoms with E-state index in [9.17, 15) is 18.8 Å². The van der Waals surface area contributed by atoms with E-state index >= 15 is 0 Å². The largest absolute Gasteiger partial charge is 0.365 e. The van der Waals surface area contributed by atoms with Crippen molar-refractivity contribution in [3.05, 3.63) is 59.9 Å². The van der Waals surface area contributed by atoms with Gasteiger partial charge in [-0.2, -0.15) is 0 Å². The molecule has 3 aliphatic rings. The van der Waals surface area contributed by atoms with Crippen LogP contribution in [0.25, 0.3) is 0 Å². The molecule has 3 heterocycles. The molecule has 2 fully saturated rings. The summed E-state index contributed by atoms with van der Waals surface area (Å²) < 4.78 is 14.6. The zero-order valence-electron chi connectivity index (χ0n) is 19.0. The normalized spacial score (nSPS) is 25.2. The molecule has 0 radical (unpaired) electrons. The number of hydrogen-bond donors (Lipinski definition) is 1. The highest BCUT2D eigenvalue weighted by atomic mass is 19.1. The van der Waals surface area contributed by atoms with Crippen LogP contribution in [0.2, 0.25) is 0 Å². The predicted molar refractivity (Wildman–Crippen MR) is 122 cm³/mol. The molecule has 8 heteroatoms. The Kier molecular flexibility index (Phi) is 4.74. The van der Waals surface area contributed by atoms with Crippen LogP contribution in [0.15, 0.2) is 48.5 Å². The lowest BCUT2D eigenvalue weighted by atomic mass is 9.67. The van der Waals surface area contributed by atoms with Crippen LogP contribution >= 0.6 is 0 Å². The molecule has 0 saturated carbocycles. The van der Waals surface area contributed by atoms with Crippen LogP contribution in [0.3, 0.4) is 0 Å². The summed E-state index contributed by atoms with van der Waals surface area (Å²) >= 11 is 0. The Balaban J connectivity index is 1.65. The molecule has 7 nitrogen and oxygen atoms in total. The Morgan fingerprint density at radius 2 is 1.64 bits per heavy atom. The van der Waals surface area contributed by atoms with Crippen molar-refractivity contribution in [2.75, 3.05) is 29.4 Å². The molecule has 172 valence electrons. The Morgan fingerprint density at radius 1 is 0.970 bits per heavy atom. The topological polar surface area (TPSA) is 73.0 Å². The number of fused-ring (bicyclic) bond motifs is 4. The van der Waals surface area contributed by atoms with Gasteiger partial charge >= 0.3 is 6.03 Å². The minimum absolute atomic E-state index is 0.181. The molecule has 2 saturated heterocycles. The minimum Gasteiger partial charge on any atom is -0.365 e. The van der Waals surface area contributed by atoms with Crippen LogP contribution < -0.4 is 15.1 Å². The number of rotatable bonds is 1. The molecule has 2 atom stereocenters. The van der Waals surface area contributed by atoms with Gasteiger partial charge in [0.15, 0.2) is 5.41 Å². The highest BCUT2D eigenvalue weighted by molar-refractivity contribution is 6.20. The number of amides is 4. The van der Waals surface area contributed by atoms with E-state index < -0.39 is 34.8 Å². The average Bonchev–Trinajstić information content (AvgIpc) is 2.76. The van der Waals surface area contributed by atoms with Gasteiger partial charge in [-0.25, -0.2) is 9.18 Å². The standard InChI is InChI=1S/C25H27FN4O3/c1-24(2,3)30-22(32)25(21(31)27-23(30)33)14-16-8-4-6-10-18(16)29-13-12-28(15-20(25)29)19-11-7-5-9-17(19)26/h4-11,20H,12-15H2,1-3H3,(H,27,31,33)/t20-,25-/m0/s1. The fraction of sp³-hybridized carbons (Fsp3) is 0.400. The number of barbiturate groups is 1. The van der Waals surface area contributed by atoms with Crippen molar-refractivity contribution in [2.24, 2.45) is 5.41 Å². The van der Waals surface area contributed by atoms with Gasteiger partial charge in [0.05, 0.1) is 11.7 Å². The lowest BCUT2D eigenvalue weighted by Crippen LogP contribution is -2.77. The lowest BCUT2D eigenvalue weighted by Gasteiger charge is -2.56. The number of urea groups is 1. The number of anilines is 2. The molecule has 2 aromatic carbocycles. The van der Waals surface area contributed by atoms with Crippen LogP contribution in [0.4, 0.5) is 20.6 Å². The summed E-state index contributed by atoms with van der Waals surface area (Å²) in [5, 5.41) is 2.46. The molecule has 5 rings (SSSR count). The zero-order valence-corrected chi connectivity index (χ0v) is 19.0. The van der Waals surface area contributed by atoms with Crippen molar-refractivity contribution >= 4 is 29.2 Å². The number of imide groups is 2. The Morgan fingerprint density at radius 3 is 2.33 bits per heavy atom. The lowest BCUT2D eigenvalue weighted by molar-refractivity contribution is -0.156. The van der Waals surface area contributed by atoms with Crippen LogP contribution in [0.1, 0.15) is 26.3 Å². The smallest absolute Gasteiger partial charge is 0.331 e. The maximum atomic E-state index is 14.6. The van der Waals surface area contributed by atoms with E-state index in [0.29, 0.717) is 18.8 Å². The summed E-state index contributed by atoms with van der Waals surface area (Å²) in [6.45, 7) is 6.65. The number of carbonyl (C=O) groups excluding carboxylic acids is 3. The van der Waals surface area contributed by atoms with Gasteiger partial charge in [-0.05, 0) is 51.0 Å². The van der Waals surface area contributed by atoms with Crippen LogP contribution in [0, 0.1) is 11.2 Å². The first-order valence-electron chi connectivity index (χ1n) is 11.2. The summed E-state index contributed by atoms with van der Waals surface area (Å²) in [6.07, 6.45) is 0.181. The van der Waals surface area contributed by atoms with Crippen molar-refractivity contribution < 1.29 is 18.8 Å². The quantitative estimate of drug-likeness (QED) is 0.677. The van der Waals surface area contributed by atoms with Crippen molar-refractivity contribution in [3.8, 4) is 0 Å². The van der Waals surface area contributed by atoms with Crippen LogP contribution in [-0.2, 0) is 16.0 Å². The molecule has 33 heavy (non-hydrogen) atoms. The van der Waals surface area contributed by atoms with E-state index in [4.69, 9.17) is 0 Å². The summed E-state index contributed by atoms with van der Waals surface area (Å²) in [5.74, 6) is -1.43. The van der Waals surface area contributed by atoms with E-state index in [1.165, 1.54) is 11.0 Å². The highest BCUT2D eigenvalue weighted by Crippen LogP contribution is 2.47. The number of piperazine rings is 1. The Labute approximate surface area is 192 Å². The van der Waals surface area contributed by atoms with Gasteiger partial charge in [0.2, 0.25) is 11.8 Å². The molecule has 2 aromatic rings. The number of para-hydroxylation sites is 2. The Hall–Kier alpha value is -3.42. The number of halogens is 1. The molecule has 4 amide bonds. The van der Waals surface area contributed by atoms with Gasteiger partial charge in [-0.15, -0.1) is 0 Å². The summed E-state index contributed by atoms with van der Waals surface area (Å²) in [6, 6.07) is 13.0. The molecule has 0 bridgehead atoms. The van der Waals surface area contributed by atoms with E-state index in [0.717, 1.165) is 11.3 Å². The van der Waals surface area contributed by atoms with E-state index in [1.54, 1.807) is 39.0 Å². The first kappa shape index (κ1) is 21.4. The summed E-state index contributed by atoms with van der Waals surface area (Å²) in [4.78, 5) is 45.5. The van der Waals surface area contributed by atoms with Crippen LogP contribution in [0.5, 0.6) is 0 Å². The number of nitrogens with zero attached hydrogens (tertiary/aromatic N) is 3. The molecular weight excluding hydrogens is 423 g/mol. The third-order valence-electron chi connectivity index (χ3n) is 7.00. The van der Waals surface area contributed by atoms with Gasteiger partial charge < -0.3 is 9.80 Å². The van der Waals surface area contributed by atoms with Gasteiger partial charge in [-0.1, -0.05) is 30.3 Å². The first-order chi connectivity index (χ1) is 15.6. The number of nitrogens with one attached hydrogen (secondary N) is 1. The van der Waals surface area contributed by atoms with Crippen molar-refractivity contribution in [2.45, 2.75) is 38.8 Å². The third-order valence-corrected chi connectivity index (χ3v) is 7.00. The first-order valence-corrected chi connectivity index (χ1v) is 11.2. The highest BCUT2D eigenvalue weighted by Gasteiger charge is 2.64. The molecule has 0 aromatic heterocycles. The molecule has 0 aliphatic carbocycles. The van der Waals surface area contributed by atoms with Crippen molar-refractivity contribution in [3.63, 3.8) is 0 Å². The summed E-state index contributed by atoms with van der Waals surface area (Å²) in [7, 11) is 0. The monoisotopic (exact) mass is 450 g/mol. The third kappa shape index (κ3) is 3.11. The average molecular weight is 451 g/mol. The van der Waals surface area contributed by atoms with Crippen molar-refractivity contribution in [1.82, 2.24) is 10.2 Å². The predicted octanol–water partition coefficient (Wildman–Crippen LogP) is 2.94. The summed E-state index contributed by atoms with van der Waals surface area (Å²) in [5.41, 5.74) is -0.00441. The van der Waals surface area contributed by atoms with Crippen molar-refractivity contribution in [1.29, 1.82) is 0 Å². The zero-order chi connectivity index (χ0) is 23.5. The second kappa shape index (κ2) is 7.30.